The number of carbonyl (C=O) groups is 1. The van der Waals surface area contributed by atoms with Gasteiger partial charge in [-0.25, -0.2) is 0 Å². The molecule has 1 saturated heterocycles. The van der Waals surface area contributed by atoms with Gasteiger partial charge in [0.25, 0.3) is 5.91 Å². The Balaban J connectivity index is 1.89. The normalized spacial score (nSPS) is 15.7. The molecule has 2 aromatic rings. The number of thioether (sulfide) groups is 1. The fraction of sp³-hybridized carbons (Fsp3) is 0.0588. The van der Waals surface area contributed by atoms with E-state index in [2.05, 4.69) is 5.32 Å². The molecule has 1 amide bonds. The Labute approximate surface area is 166 Å². The van der Waals surface area contributed by atoms with Crippen molar-refractivity contribution >= 4 is 46.0 Å². The Kier molecular flexibility index (Phi) is 5.61. The van der Waals surface area contributed by atoms with E-state index in [4.69, 9.17) is 22.2 Å². The zero-order valence-electron chi connectivity index (χ0n) is 13.7. The first kappa shape index (κ1) is 20.1. The average molecular weight is 427 g/mol. The summed E-state index contributed by atoms with van der Waals surface area (Å²) in [6, 6.07) is 8.43. The Hall–Kier alpha value is -2.60. The largest absolute Gasteiger partial charge is 0.733 e. The number of carbonyl (C=O) groups excluding carboxylic acids is 1. The molecule has 0 spiro atoms. The van der Waals surface area contributed by atoms with Crippen LogP contribution < -0.4 is 15.3 Å². The molecule has 1 heterocycles. The van der Waals surface area contributed by atoms with Crippen LogP contribution >= 0.6 is 24.0 Å². The van der Waals surface area contributed by atoms with E-state index in [-0.39, 0.29) is 17.4 Å². The summed E-state index contributed by atoms with van der Waals surface area (Å²) in [4.78, 5) is 12.1. The number of hydrogen-bond acceptors (Lipinski definition) is 7. The zero-order chi connectivity index (χ0) is 20.5. The van der Waals surface area contributed by atoms with Crippen molar-refractivity contribution in [3.8, 4) is 11.5 Å². The van der Waals surface area contributed by atoms with Crippen molar-refractivity contribution in [1.29, 1.82) is 0 Å². The molecule has 2 aromatic carbocycles. The molecule has 0 aromatic heterocycles. The molecule has 6 nitrogen and oxygen atoms in total. The number of benzene rings is 2. The van der Waals surface area contributed by atoms with Crippen molar-refractivity contribution in [3.63, 3.8) is 0 Å². The quantitative estimate of drug-likeness (QED) is 0.416. The highest BCUT2D eigenvalue weighted by molar-refractivity contribution is 8.26. The van der Waals surface area contributed by atoms with E-state index < -0.39 is 22.7 Å². The van der Waals surface area contributed by atoms with Crippen LogP contribution in [0, 0.1) is 5.21 Å². The minimum atomic E-state index is -4.69. The van der Waals surface area contributed by atoms with E-state index in [1.165, 1.54) is 12.1 Å². The van der Waals surface area contributed by atoms with Gasteiger partial charge in [-0.2, -0.15) is 13.2 Å². The molecule has 0 radical (unpaired) electrons. The number of nitrogens with one attached hydrogen (secondary N) is 1. The van der Waals surface area contributed by atoms with Gasteiger partial charge in [-0.15, -0.1) is 0 Å². The van der Waals surface area contributed by atoms with Crippen molar-refractivity contribution in [3.05, 3.63) is 63.7 Å². The van der Waals surface area contributed by atoms with Crippen molar-refractivity contribution in [2.45, 2.75) is 6.18 Å². The molecule has 28 heavy (non-hydrogen) atoms. The minimum Gasteiger partial charge on any atom is -0.733 e. The number of alkyl halides is 3. The summed E-state index contributed by atoms with van der Waals surface area (Å²) in [5, 5.41) is 22.2. The van der Waals surface area contributed by atoms with Gasteiger partial charge in [0.1, 0.15) is 10.1 Å². The lowest BCUT2D eigenvalue weighted by Gasteiger charge is -2.25. The number of anilines is 1. The molecule has 0 bridgehead atoms. The zero-order valence-corrected chi connectivity index (χ0v) is 15.3. The Morgan fingerprint density at radius 2 is 2.00 bits per heavy atom. The molecular formula is C17H10F3N2O4S2-. The van der Waals surface area contributed by atoms with Crippen LogP contribution in [0.3, 0.4) is 0 Å². The standard InChI is InChI=1S/C17H10F3N2O4S2/c18-17(19,20)10-4-5-13(12(8-10)22(24)25)26-11-3-1-2-9(6-11)7-14-15(23)21-16(27)28-14/h1-8,24H,(H,21,23,27)/q-1/b14-7+. The summed E-state index contributed by atoms with van der Waals surface area (Å²) >= 11 is 6.00. The van der Waals surface area contributed by atoms with Gasteiger partial charge in [0, 0.05) is 0 Å². The van der Waals surface area contributed by atoms with Crippen LogP contribution in [0.25, 0.3) is 6.08 Å². The molecule has 2 N–H and O–H groups in total. The number of halogens is 3. The fourth-order valence-corrected chi connectivity index (χ4v) is 3.34. The predicted molar refractivity (Wildman–Crippen MR) is 102 cm³/mol. The van der Waals surface area contributed by atoms with Crippen molar-refractivity contribution in [2.24, 2.45) is 0 Å². The molecule has 0 unspecified atom stereocenters. The van der Waals surface area contributed by atoms with E-state index >= 15 is 0 Å². The molecular weight excluding hydrogens is 417 g/mol. The number of ether oxygens (including phenoxy) is 1. The maximum Gasteiger partial charge on any atom is 0.416 e. The number of nitrogens with zero attached hydrogens (tertiary/aromatic N) is 1. The Bertz CT molecular complexity index is 977. The number of amides is 1. The Morgan fingerprint density at radius 1 is 1.25 bits per heavy atom. The topological polar surface area (TPSA) is 84.9 Å². The Morgan fingerprint density at radius 3 is 2.61 bits per heavy atom. The summed E-state index contributed by atoms with van der Waals surface area (Å²) in [7, 11) is 0. The van der Waals surface area contributed by atoms with E-state index in [1.807, 2.05) is 0 Å². The number of rotatable bonds is 4. The lowest BCUT2D eigenvalue weighted by Crippen LogP contribution is -2.17. The lowest BCUT2D eigenvalue weighted by molar-refractivity contribution is -0.137. The van der Waals surface area contributed by atoms with Crippen LogP contribution in [0.4, 0.5) is 18.9 Å². The molecule has 146 valence electrons. The second-order valence-electron chi connectivity index (χ2n) is 5.48. The average Bonchev–Trinajstić information content (AvgIpc) is 2.91. The maximum absolute atomic E-state index is 12.8. The third-order valence-corrected chi connectivity index (χ3v) is 4.68. The molecule has 1 aliphatic rings. The summed E-state index contributed by atoms with van der Waals surface area (Å²) < 4.78 is 44.2. The maximum atomic E-state index is 12.8. The van der Waals surface area contributed by atoms with Gasteiger partial charge < -0.3 is 20.5 Å². The van der Waals surface area contributed by atoms with Crippen molar-refractivity contribution in [1.82, 2.24) is 5.32 Å². The van der Waals surface area contributed by atoms with Crippen LogP contribution in [0.15, 0.2) is 47.4 Å². The van der Waals surface area contributed by atoms with Crippen molar-refractivity contribution < 1.29 is 27.9 Å². The van der Waals surface area contributed by atoms with Gasteiger partial charge in [-0.1, -0.05) is 36.1 Å². The second kappa shape index (κ2) is 7.80. The van der Waals surface area contributed by atoms with Gasteiger partial charge >= 0.3 is 6.18 Å². The molecule has 0 saturated carbocycles. The van der Waals surface area contributed by atoms with Gasteiger partial charge in [0.05, 0.1) is 16.2 Å². The third-order valence-electron chi connectivity index (χ3n) is 3.52. The van der Waals surface area contributed by atoms with Gasteiger partial charge in [0.2, 0.25) is 0 Å². The van der Waals surface area contributed by atoms with Crippen LogP contribution in [-0.4, -0.2) is 15.4 Å². The van der Waals surface area contributed by atoms with Gasteiger partial charge in [0.15, 0.2) is 5.75 Å². The van der Waals surface area contributed by atoms with Crippen LogP contribution in [0.5, 0.6) is 11.5 Å². The first-order chi connectivity index (χ1) is 13.1. The molecule has 0 aliphatic carbocycles. The molecule has 1 fully saturated rings. The fourth-order valence-electron chi connectivity index (χ4n) is 2.30. The molecule has 3 rings (SSSR count). The smallest absolute Gasteiger partial charge is 0.416 e. The minimum absolute atomic E-state index is 0.184. The monoisotopic (exact) mass is 427 g/mol. The lowest BCUT2D eigenvalue weighted by atomic mass is 10.1. The van der Waals surface area contributed by atoms with E-state index in [1.54, 1.807) is 18.2 Å². The summed E-state index contributed by atoms with van der Waals surface area (Å²) in [5.41, 5.74) is -1.24. The highest BCUT2D eigenvalue weighted by Gasteiger charge is 2.31. The first-order valence-corrected chi connectivity index (χ1v) is 8.76. The third kappa shape index (κ3) is 4.62. The highest BCUT2D eigenvalue weighted by Crippen LogP contribution is 2.38. The van der Waals surface area contributed by atoms with Crippen LogP contribution in [0.1, 0.15) is 11.1 Å². The first-order valence-electron chi connectivity index (χ1n) is 7.53. The second-order valence-corrected chi connectivity index (χ2v) is 7.20. The van der Waals surface area contributed by atoms with Crippen LogP contribution in [0.2, 0.25) is 0 Å². The predicted octanol–water partition coefficient (Wildman–Crippen LogP) is 4.68. The highest BCUT2D eigenvalue weighted by atomic mass is 32.2. The number of hydrogen-bond donors (Lipinski definition) is 2. The number of thiocarbonyl (C=S) groups is 1. The van der Waals surface area contributed by atoms with E-state index in [0.29, 0.717) is 20.9 Å². The van der Waals surface area contributed by atoms with Gasteiger partial charge in [-0.05, 0) is 42.0 Å². The van der Waals surface area contributed by atoms with Crippen LogP contribution in [-0.2, 0) is 11.0 Å². The van der Waals surface area contributed by atoms with Gasteiger partial charge in [-0.3, -0.25) is 10.0 Å². The summed E-state index contributed by atoms with van der Waals surface area (Å²) in [6.45, 7) is 0. The van der Waals surface area contributed by atoms with E-state index in [0.717, 1.165) is 23.9 Å². The molecule has 1 aliphatic heterocycles. The molecule has 11 heteroatoms. The summed E-state index contributed by atoms with van der Waals surface area (Å²) in [6.07, 6.45) is -3.12. The van der Waals surface area contributed by atoms with E-state index in [9.17, 15) is 23.2 Å². The molecule has 0 atom stereocenters. The van der Waals surface area contributed by atoms with Crippen molar-refractivity contribution in [2.75, 3.05) is 5.23 Å². The SMILES string of the molecule is O=C1NC(=S)S/C1=C/c1cccc(Oc2ccc(C(F)(F)F)cc2N([O-])O)c1. The summed E-state index contributed by atoms with van der Waals surface area (Å²) in [5.74, 6) is -0.429.